The topological polar surface area (TPSA) is 0 Å². The molecule has 4 atom stereocenters. The molecular formula is C14H24Si. The van der Waals surface area contributed by atoms with Crippen LogP contribution in [-0.2, 0) is 0 Å². The molecule has 4 fully saturated rings. The van der Waals surface area contributed by atoms with Gasteiger partial charge in [0.1, 0.15) is 0 Å². The summed E-state index contributed by atoms with van der Waals surface area (Å²) in [6.07, 6.45) is 7.56. The van der Waals surface area contributed by atoms with Gasteiger partial charge in [-0.15, -0.1) is 0 Å². The average molecular weight is 220 g/mol. The van der Waals surface area contributed by atoms with Gasteiger partial charge in [-0.3, -0.25) is 0 Å². The lowest BCUT2D eigenvalue weighted by Gasteiger charge is -2.62. The molecule has 0 amide bonds. The second-order valence-corrected chi connectivity index (χ2v) is 13.0. The van der Waals surface area contributed by atoms with Crippen molar-refractivity contribution in [1.82, 2.24) is 0 Å². The van der Waals surface area contributed by atoms with Gasteiger partial charge >= 0.3 is 0 Å². The quantitative estimate of drug-likeness (QED) is 0.452. The predicted molar refractivity (Wildman–Crippen MR) is 68.7 cm³/mol. The maximum atomic E-state index is 4.38. The van der Waals surface area contributed by atoms with Gasteiger partial charge in [-0.1, -0.05) is 31.8 Å². The zero-order chi connectivity index (χ0) is 10.8. The van der Waals surface area contributed by atoms with Crippen LogP contribution in [0.3, 0.4) is 0 Å². The van der Waals surface area contributed by atoms with E-state index in [1.165, 1.54) is 25.7 Å². The van der Waals surface area contributed by atoms with Crippen molar-refractivity contribution in [3.05, 3.63) is 12.2 Å². The fourth-order valence-electron chi connectivity index (χ4n) is 4.80. The molecule has 0 aromatic rings. The first-order valence-corrected chi connectivity index (χ1v) is 10.1. The molecule has 0 aromatic heterocycles. The minimum Gasteiger partial charge on any atom is -0.0993 e. The van der Waals surface area contributed by atoms with Gasteiger partial charge in [0.05, 0.1) is 8.07 Å². The largest absolute Gasteiger partial charge is 0.0993 e. The van der Waals surface area contributed by atoms with Crippen molar-refractivity contribution in [3.63, 3.8) is 0 Å². The molecular weight excluding hydrogens is 196 g/mol. The molecule has 4 rings (SSSR count). The van der Waals surface area contributed by atoms with E-state index < -0.39 is 8.07 Å². The highest BCUT2D eigenvalue weighted by atomic mass is 28.3. The lowest BCUT2D eigenvalue weighted by atomic mass is 9.54. The highest BCUT2D eigenvalue weighted by molar-refractivity contribution is 6.79. The molecule has 0 saturated heterocycles. The van der Waals surface area contributed by atoms with E-state index in [1.54, 1.807) is 12.0 Å². The Bertz CT molecular complexity index is 292. The van der Waals surface area contributed by atoms with Crippen LogP contribution in [0.1, 0.15) is 32.1 Å². The van der Waals surface area contributed by atoms with Crippen LogP contribution in [0.4, 0.5) is 0 Å². The first kappa shape index (κ1) is 10.1. The fourth-order valence-corrected chi connectivity index (χ4v) is 7.42. The molecule has 4 saturated carbocycles. The standard InChI is InChI=1S/C14H24Si/c1-10-12-5-11-6-13(10)9-14(7-11,8-12)15(2,3)4/h11-13H,1,5-9H2,2-4H3/t11?,12-,13+,14?. The molecule has 0 nitrogen and oxygen atoms in total. The van der Waals surface area contributed by atoms with Crippen molar-refractivity contribution in [2.24, 2.45) is 17.8 Å². The Kier molecular flexibility index (Phi) is 1.89. The maximum absolute atomic E-state index is 4.38. The maximum Gasteiger partial charge on any atom is 0.0506 e. The van der Waals surface area contributed by atoms with Crippen LogP contribution in [0, 0.1) is 17.8 Å². The predicted octanol–water partition coefficient (Wildman–Crippen LogP) is 4.46. The summed E-state index contributed by atoms with van der Waals surface area (Å²) in [5.41, 5.74) is 1.64. The van der Waals surface area contributed by atoms with Crippen LogP contribution < -0.4 is 0 Å². The van der Waals surface area contributed by atoms with Crippen LogP contribution in [0.5, 0.6) is 0 Å². The van der Waals surface area contributed by atoms with Crippen molar-refractivity contribution >= 4 is 8.07 Å². The van der Waals surface area contributed by atoms with Gasteiger partial charge in [-0.05, 0) is 54.9 Å². The van der Waals surface area contributed by atoms with E-state index in [-0.39, 0.29) is 0 Å². The third-order valence-corrected chi connectivity index (χ3v) is 9.62. The molecule has 15 heavy (non-hydrogen) atoms. The van der Waals surface area contributed by atoms with E-state index in [4.69, 9.17) is 0 Å². The van der Waals surface area contributed by atoms with Crippen molar-refractivity contribution in [3.8, 4) is 0 Å². The first-order valence-electron chi connectivity index (χ1n) is 6.60. The number of allylic oxidation sites excluding steroid dienone is 1. The van der Waals surface area contributed by atoms with Gasteiger partial charge in [0.2, 0.25) is 0 Å². The van der Waals surface area contributed by atoms with E-state index in [1.807, 2.05) is 0 Å². The monoisotopic (exact) mass is 220 g/mol. The molecule has 4 aliphatic carbocycles. The summed E-state index contributed by atoms with van der Waals surface area (Å²) in [4.78, 5) is 0. The Balaban J connectivity index is 1.99. The lowest BCUT2D eigenvalue weighted by molar-refractivity contribution is 0.0760. The second kappa shape index (κ2) is 2.79. The van der Waals surface area contributed by atoms with Crippen LogP contribution in [0.25, 0.3) is 0 Å². The van der Waals surface area contributed by atoms with E-state index in [0.29, 0.717) is 0 Å². The third kappa shape index (κ3) is 1.25. The molecule has 0 aromatic carbocycles. The molecule has 0 aliphatic heterocycles. The van der Waals surface area contributed by atoms with E-state index in [9.17, 15) is 0 Å². The van der Waals surface area contributed by atoms with E-state index >= 15 is 0 Å². The molecule has 0 spiro atoms. The van der Waals surface area contributed by atoms with Crippen molar-refractivity contribution in [2.45, 2.75) is 56.8 Å². The molecule has 4 aliphatic rings. The first-order chi connectivity index (χ1) is 6.91. The van der Waals surface area contributed by atoms with Crippen LogP contribution in [-0.4, -0.2) is 8.07 Å². The summed E-state index contributed by atoms with van der Waals surface area (Å²) in [7, 11) is -0.979. The van der Waals surface area contributed by atoms with Gasteiger partial charge in [-0.2, -0.15) is 0 Å². The van der Waals surface area contributed by atoms with Crippen LogP contribution in [0.15, 0.2) is 12.2 Å². The number of rotatable bonds is 1. The molecule has 4 bridgehead atoms. The van der Waals surface area contributed by atoms with Crippen molar-refractivity contribution < 1.29 is 0 Å². The normalized spacial score (nSPS) is 48.7. The SMILES string of the molecule is C=C1[C@@H]2CC3C[C@H]1CC([Si](C)(C)C)(C3)C2. The zero-order valence-electron chi connectivity index (χ0n) is 10.5. The third-order valence-electron chi connectivity index (χ3n) is 5.83. The van der Waals surface area contributed by atoms with E-state index in [0.717, 1.165) is 22.8 Å². The van der Waals surface area contributed by atoms with Gasteiger partial charge < -0.3 is 0 Å². The Hall–Kier alpha value is -0.0431. The van der Waals surface area contributed by atoms with Gasteiger partial charge in [0.15, 0.2) is 0 Å². The number of hydrogen-bond donors (Lipinski definition) is 0. The summed E-state index contributed by atoms with van der Waals surface area (Å²) in [5, 5.41) is 0.796. The smallest absolute Gasteiger partial charge is 0.0506 e. The Morgan fingerprint density at radius 2 is 1.60 bits per heavy atom. The van der Waals surface area contributed by atoms with E-state index in [2.05, 4.69) is 26.2 Å². The Labute approximate surface area is 95.2 Å². The molecule has 84 valence electrons. The summed E-state index contributed by atoms with van der Waals surface area (Å²) in [6, 6.07) is 0. The molecule has 0 N–H and O–H groups in total. The average Bonchev–Trinajstić information content (AvgIpc) is 2.10. The van der Waals surface area contributed by atoms with Crippen molar-refractivity contribution in [2.75, 3.05) is 0 Å². The lowest BCUT2D eigenvalue weighted by Crippen LogP contribution is -2.53. The Morgan fingerprint density at radius 1 is 1.07 bits per heavy atom. The summed E-state index contributed by atoms with van der Waals surface area (Å²) < 4.78 is 0. The highest BCUT2D eigenvalue weighted by Crippen LogP contribution is 2.68. The molecule has 0 heterocycles. The van der Waals surface area contributed by atoms with Gasteiger partial charge in [-0.25, -0.2) is 0 Å². The van der Waals surface area contributed by atoms with Crippen molar-refractivity contribution in [1.29, 1.82) is 0 Å². The molecule has 1 heteroatoms. The van der Waals surface area contributed by atoms with Gasteiger partial charge in [0, 0.05) is 0 Å². The summed E-state index contributed by atoms with van der Waals surface area (Å²) >= 11 is 0. The van der Waals surface area contributed by atoms with Crippen LogP contribution >= 0.6 is 0 Å². The summed E-state index contributed by atoms with van der Waals surface area (Å²) in [6.45, 7) is 12.2. The zero-order valence-corrected chi connectivity index (χ0v) is 11.5. The minimum atomic E-state index is -0.979. The molecule has 0 radical (unpaired) electrons. The molecule has 2 unspecified atom stereocenters. The Morgan fingerprint density at radius 3 is 2.07 bits per heavy atom. The van der Waals surface area contributed by atoms with Crippen LogP contribution in [0.2, 0.25) is 24.7 Å². The second-order valence-electron chi connectivity index (χ2n) is 7.45. The number of hydrogen-bond acceptors (Lipinski definition) is 0. The van der Waals surface area contributed by atoms with Gasteiger partial charge in [0.25, 0.3) is 0 Å². The fraction of sp³-hybridized carbons (Fsp3) is 0.857. The summed E-state index contributed by atoms with van der Waals surface area (Å²) in [5.74, 6) is 2.91. The minimum absolute atomic E-state index is 0.796. The highest BCUT2D eigenvalue weighted by Gasteiger charge is 2.57.